The molecule has 1 aliphatic rings. The van der Waals surface area contributed by atoms with E-state index in [4.69, 9.17) is 10.5 Å². The van der Waals surface area contributed by atoms with Crippen LogP contribution in [-0.2, 0) is 4.74 Å². The SMILES string of the molecule is Cc1sccc1C1OCCC1N. The van der Waals surface area contributed by atoms with Gasteiger partial charge in [0.25, 0.3) is 0 Å². The monoisotopic (exact) mass is 183 g/mol. The van der Waals surface area contributed by atoms with Crippen LogP contribution < -0.4 is 5.73 Å². The second-order valence-electron chi connectivity index (χ2n) is 3.18. The van der Waals surface area contributed by atoms with Gasteiger partial charge in [-0.1, -0.05) is 0 Å². The summed E-state index contributed by atoms with van der Waals surface area (Å²) < 4.78 is 5.57. The maximum absolute atomic E-state index is 5.92. The van der Waals surface area contributed by atoms with Crippen molar-refractivity contribution in [2.24, 2.45) is 5.73 Å². The van der Waals surface area contributed by atoms with Crippen molar-refractivity contribution in [3.63, 3.8) is 0 Å². The van der Waals surface area contributed by atoms with Crippen LogP contribution in [0, 0.1) is 6.92 Å². The highest BCUT2D eigenvalue weighted by Crippen LogP contribution is 2.32. The Labute approximate surface area is 76.3 Å². The first kappa shape index (κ1) is 8.23. The van der Waals surface area contributed by atoms with Crippen LogP contribution in [0.2, 0.25) is 0 Å². The molecule has 12 heavy (non-hydrogen) atoms. The minimum atomic E-state index is 0.149. The van der Waals surface area contributed by atoms with Gasteiger partial charge in [-0.3, -0.25) is 0 Å². The number of hydrogen-bond acceptors (Lipinski definition) is 3. The minimum Gasteiger partial charge on any atom is -0.372 e. The van der Waals surface area contributed by atoms with Gasteiger partial charge >= 0.3 is 0 Å². The molecule has 2 heterocycles. The van der Waals surface area contributed by atoms with Gasteiger partial charge < -0.3 is 10.5 Å². The summed E-state index contributed by atoms with van der Waals surface area (Å²) in [6, 6.07) is 2.31. The predicted molar refractivity (Wildman–Crippen MR) is 50.3 cm³/mol. The molecule has 2 N–H and O–H groups in total. The third-order valence-electron chi connectivity index (χ3n) is 2.34. The summed E-state index contributed by atoms with van der Waals surface area (Å²) in [5.41, 5.74) is 7.20. The molecule has 0 saturated carbocycles. The molecule has 2 nitrogen and oxygen atoms in total. The largest absolute Gasteiger partial charge is 0.372 e. The number of ether oxygens (including phenoxy) is 1. The Morgan fingerprint density at radius 1 is 1.67 bits per heavy atom. The number of aryl methyl sites for hydroxylation is 1. The molecule has 0 radical (unpaired) electrons. The molecule has 0 amide bonds. The predicted octanol–water partition coefficient (Wildman–Crippen LogP) is 1.85. The lowest BCUT2D eigenvalue weighted by atomic mass is 10.0. The van der Waals surface area contributed by atoms with Gasteiger partial charge in [0.1, 0.15) is 0 Å². The average Bonchev–Trinajstić information content (AvgIpc) is 2.59. The average molecular weight is 183 g/mol. The summed E-state index contributed by atoms with van der Waals surface area (Å²) in [5.74, 6) is 0. The van der Waals surface area contributed by atoms with Gasteiger partial charge in [0.05, 0.1) is 6.10 Å². The lowest BCUT2D eigenvalue weighted by molar-refractivity contribution is 0.105. The first-order valence-corrected chi connectivity index (χ1v) is 5.08. The van der Waals surface area contributed by atoms with E-state index in [9.17, 15) is 0 Å². The molecular weight excluding hydrogens is 170 g/mol. The standard InChI is InChI=1S/C9H13NOS/c1-6-7(3-5-12-6)9-8(10)2-4-11-9/h3,5,8-9H,2,4,10H2,1H3. The van der Waals surface area contributed by atoms with Crippen molar-refractivity contribution in [2.75, 3.05) is 6.61 Å². The second kappa shape index (κ2) is 3.17. The molecule has 1 aromatic rings. The van der Waals surface area contributed by atoms with E-state index in [0.29, 0.717) is 0 Å². The zero-order valence-electron chi connectivity index (χ0n) is 7.12. The van der Waals surface area contributed by atoms with Gasteiger partial charge in [-0.15, -0.1) is 11.3 Å². The van der Waals surface area contributed by atoms with Crippen molar-refractivity contribution >= 4 is 11.3 Å². The highest BCUT2D eigenvalue weighted by Gasteiger charge is 2.27. The van der Waals surface area contributed by atoms with Crippen molar-refractivity contribution in [3.8, 4) is 0 Å². The van der Waals surface area contributed by atoms with E-state index in [1.165, 1.54) is 10.4 Å². The molecule has 3 heteroatoms. The Hall–Kier alpha value is -0.380. The quantitative estimate of drug-likeness (QED) is 0.721. The second-order valence-corrected chi connectivity index (χ2v) is 4.30. The zero-order chi connectivity index (χ0) is 8.55. The topological polar surface area (TPSA) is 35.2 Å². The van der Waals surface area contributed by atoms with Crippen LogP contribution in [0.1, 0.15) is 23.0 Å². The lowest BCUT2D eigenvalue weighted by Gasteiger charge is -2.13. The molecule has 1 fully saturated rings. The van der Waals surface area contributed by atoms with Crippen molar-refractivity contribution < 1.29 is 4.74 Å². The van der Waals surface area contributed by atoms with Crippen molar-refractivity contribution in [1.29, 1.82) is 0 Å². The number of nitrogens with two attached hydrogens (primary N) is 1. The van der Waals surface area contributed by atoms with E-state index >= 15 is 0 Å². The van der Waals surface area contributed by atoms with Gasteiger partial charge in [0, 0.05) is 17.5 Å². The number of thiophene rings is 1. The smallest absolute Gasteiger partial charge is 0.0987 e. The number of rotatable bonds is 1. The summed E-state index contributed by atoms with van der Waals surface area (Å²) in [5, 5.41) is 2.10. The van der Waals surface area contributed by atoms with Crippen LogP contribution in [0.5, 0.6) is 0 Å². The fourth-order valence-corrected chi connectivity index (χ4v) is 2.36. The fourth-order valence-electron chi connectivity index (χ4n) is 1.62. The third kappa shape index (κ3) is 1.28. The molecule has 2 rings (SSSR count). The highest BCUT2D eigenvalue weighted by molar-refractivity contribution is 7.10. The molecular formula is C9H13NOS. The van der Waals surface area contributed by atoms with Gasteiger partial charge in [-0.25, -0.2) is 0 Å². The van der Waals surface area contributed by atoms with Gasteiger partial charge in [-0.2, -0.15) is 0 Å². The van der Waals surface area contributed by atoms with Gasteiger partial charge in [-0.05, 0) is 30.4 Å². The van der Waals surface area contributed by atoms with Gasteiger partial charge in [0.2, 0.25) is 0 Å². The first-order chi connectivity index (χ1) is 5.79. The zero-order valence-corrected chi connectivity index (χ0v) is 7.93. The first-order valence-electron chi connectivity index (χ1n) is 4.20. The van der Waals surface area contributed by atoms with Gasteiger partial charge in [0.15, 0.2) is 0 Å². The van der Waals surface area contributed by atoms with Crippen LogP contribution in [0.3, 0.4) is 0 Å². The molecule has 2 unspecified atom stereocenters. The Balaban J connectivity index is 2.24. The summed E-state index contributed by atoms with van der Waals surface area (Å²) in [4.78, 5) is 1.33. The van der Waals surface area contributed by atoms with Crippen LogP contribution >= 0.6 is 11.3 Å². The van der Waals surface area contributed by atoms with Crippen LogP contribution in [-0.4, -0.2) is 12.6 Å². The van der Waals surface area contributed by atoms with E-state index in [0.717, 1.165) is 13.0 Å². The maximum Gasteiger partial charge on any atom is 0.0987 e. The van der Waals surface area contributed by atoms with Crippen LogP contribution in [0.4, 0.5) is 0 Å². The summed E-state index contributed by atoms with van der Waals surface area (Å²) in [7, 11) is 0. The number of hydrogen-bond donors (Lipinski definition) is 1. The fraction of sp³-hybridized carbons (Fsp3) is 0.556. The van der Waals surface area contributed by atoms with Crippen molar-refractivity contribution in [3.05, 3.63) is 21.9 Å². The normalized spacial score (nSPS) is 29.5. The van der Waals surface area contributed by atoms with Crippen molar-refractivity contribution in [1.82, 2.24) is 0 Å². The molecule has 66 valence electrons. The third-order valence-corrected chi connectivity index (χ3v) is 3.20. The Kier molecular flexibility index (Phi) is 2.17. The van der Waals surface area contributed by atoms with Crippen LogP contribution in [0.25, 0.3) is 0 Å². The molecule has 0 aliphatic carbocycles. The summed E-state index contributed by atoms with van der Waals surface area (Å²) >= 11 is 1.76. The van der Waals surface area contributed by atoms with E-state index in [2.05, 4.69) is 18.4 Å². The molecule has 1 aromatic heterocycles. The summed E-state index contributed by atoms with van der Waals surface area (Å²) in [6.07, 6.45) is 1.14. The maximum atomic E-state index is 5.92. The van der Waals surface area contributed by atoms with Crippen molar-refractivity contribution in [2.45, 2.75) is 25.5 Å². The lowest BCUT2D eigenvalue weighted by Crippen LogP contribution is -2.23. The Bertz CT molecular complexity index is 271. The molecule has 1 aliphatic heterocycles. The van der Waals surface area contributed by atoms with Crippen LogP contribution in [0.15, 0.2) is 11.4 Å². The highest BCUT2D eigenvalue weighted by atomic mass is 32.1. The van der Waals surface area contributed by atoms with E-state index in [-0.39, 0.29) is 12.1 Å². The molecule has 0 aromatic carbocycles. The molecule has 1 saturated heterocycles. The van der Waals surface area contributed by atoms with E-state index < -0.39 is 0 Å². The molecule has 0 spiro atoms. The molecule has 2 atom stereocenters. The Morgan fingerprint density at radius 3 is 3.00 bits per heavy atom. The Morgan fingerprint density at radius 2 is 2.50 bits per heavy atom. The van der Waals surface area contributed by atoms with E-state index in [1.807, 2.05) is 0 Å². The molecule has 0 bridgehead atoms. The van der Waals surface area contributed by atoms with E-state index in [1.54, 1.807) is 11.3 Å². The summed E-state index contributed by atoms with van der Waals surface area (Å²) in [6.45, 7) is 2.93. The minimum absolute atomic E-state index is 0.149.